The average molecular weight is 412 g/mol. The lowest BCUT2D eigenvalue weighted by Crippen LogP contribution is -2.35. The lowest BCUT2D eigenvalue weighted by atomic mass is 10.0. The summed E-state index contributed by atoms with van der Waals surface area (Å²) in [6.07, 6.45) is 3.71. The third kappa shape index (κ3) is 3.61. The molecule has 1 aliphatic rings. The number of nitrogens with zero attached hydrogens (tertiary/aromatic N) is 2. The highest BCUT2D eigenvalue weighted by atomic mass is 35.5. The van der Waals surface area contributed by atoms with Gasteiger partial charge in [-0.05, 0) is 61.2 Å². The second-order valence-electron chi connectivity index (χ2n) is 7.13. The van der Waals surface area contributed by atoms with E-state index in [0.717, 1.165) is 54.5 Å². The monoisotopic (exact) mass is 411 g/mol. The summed E-state index contributed by atoms with van der Waals surface area (Å²) in [5, 5.41) is 11.0. The Morgan fingerprint density at radius 3 is 2.64 bits per heavy atom. The largest absolute Gasteiger partial charge is 0.358 e. The molecule has 1 N–H and O–H groups in total. The van der Waals surface area contributed by atoms with Gasteiger partial charge in [-0.15, -0.1) is 0 Å². The summed E-state index contributed by atoms with van der Waals surface area (Å²) in [5.41, 5.74) is 3.73. The molecule has 3 aromatic rings. The van der Waals surface area contributed by atoms with Gasteiger partial charge in [0.25, 0.3) is 5.91 Å². The van der Waals surface area contributed by atoms with Crippen molar-refractivity contribution in [2.45, 2.75) is 25.7 Å². The SMILES string of the molecule is N#Cc1ccc2[nH]c(Cc3c(Cl)ccc(C(=O)N4CCCCC4)c3Cl)cc2c1. The highest BCUT2D eigenvalue weighted by molar-refractivity contribution is 6.38. The fourth-order valence-electron chi connectivity index (χ4n) is 3.74. The van der Waals surface area contributed by atoms with Crippen LogP contribution in [0.15, 0.2) is 36.4 Å². The van der Waals surface area contributed by atoms with Crippen LogP contribution < -0.4 is 0 Å². The van der Waals surface area contributed by atoms with Crippen LogP contribution >= 0.6 is 23.2 Å². The molecule has 6 heteroatoms. The van der Waals surface area contributed by atoms with E-state index in [9.17, 15) is 4.79 Å². The number of nitriles is 1. The quantitative estimate of drug-likeness (QED) is 0.612. The van der Waals surface area contributed by atoms with Crippen molar-refractivity contribution in [2.24, 2.45) is 0 Å². The van der Waals surface area contributed by atoms with Crippen LogP contribution in [0.3, 0.4) is 0 Å². The van der Waals surface area contributed by atoms with E-state index < -0.39 is 0 Å². The van der Waals surface area contributed by atoms with Crippen LogP contribution in [-0.4, -0.2) is 28.9 Å². The summed E-state index contributed by atoms with van der Waals surface area (Å²) < 4.78 is 0. The highest BCUT2D eigenvalue weighted by Crippen LogP contribution is 2.32. The number of benzene rings is 2. The van der Waals surface area contributed by atoms with E-state index in [1.807, 2.05) is 23.1 Å². The first kappa shape index (κ1) is 18.9. The van der Waals surface area contributed by atoms with E-state index in [1.54, 1.807) is 18.2 Å². The van der Waals surface area contributed by atoms with E-state index in [-0.39, 0.29) is 5.91 Å². The van der Waals surface area contributed by atoms with Gasteiger partial charge in [-0.25, -0.2) is 0 Å². The van der Waals surface area contributed by atoms with Gasteiger partial charge in [-0.2, -0.15) is 5.26 Å². The van der Waals surface area contributed by atoms with E-state index in [1.165, 1.54) is 0 Å². The molecule has 4 rings (SSSR count). The zero-order chi connectivity index (χ0) is 19.7. The minimum Gasteiger partial charge on any atom is -0.358 e. The molecule has 0 saturated carbocycles. The number of rotatable bonds is 3. The zero-order valence-corrected chi connectivity index (χ0v) is 16.8. The van der Waals surface area contributed by atoms with E-state index in [4.69, 9.17) is 28.5 Å². The number of hydrogen-bond donors (Lipinski definition) is 1. The fraction of sp³-hybridized carbons (Fsp3) is 0.273. The third-order valence-corrected chi connectivity index (χ3v) is 6.02. The number of carbonyl (C=O) groups excluding carboxylic acids is 1. The van der Waals surface area contributed by atoms with Gasteiger partial charge in [0.2, 0.25) is 0 Å². The van der Waals surface area contributed by atoms with E-state index in [0.29, 0.717) is 27.6 Å². The smallest absolute Gasteiger partial charge is 0.255 e. The average Bonchev–Trinajstić information content (AvgIpc) is 3.13. The molecule has 1 aliphatic heterocycles. The van der Waals surface area contributed by atoms with Gasteiger partial charge in [-0.3, -0.25) is 4.79 Å². The van der Waals surface area contributed by atoms with Crippen LogP contribution in [0.1, 0.15) is 46.4 Å². The van der Waals surface area contributed by atoms with Crippen molar-refractivity contribution >= 4 is 40.0 Å². The number of fused-ring (bicyclic) bond motifs is 1. The Hall–Kier alpha value is -2.48. The summed E-state index contributed by atoms with van der Waals surface area (Å²) in [4.78, 5) is 18.1. The molecule has 2 aromatic carbocycles. The molecule has 1 aromatic heterocycles. The molecule has 0 spiro atoms. The van der Waals surface area contributed by atoms with Crippen LogP contribution in [0, 0.1) is 11.3 Å². The summed E-state index contributed by atoms with van der Waals surface area (Å²) in [7, 11) is 0. The second-order valence-corrected chi connectivity index (χ2v) is 7.91. The van der Waals surface area contributed by atoms with Crippen molar-refractivity contribution in [1.29, 1.82) is 5.26 Å². The first-order valence-electron chi connectivity index (χ1n) is 9.34. The van der Waals surface area contributed by atoms with Gasteiger partial charge in [-0.1, -0.05) is 23.2 Å². The minimum absolute atomic E-state index is 0.0297. The molecule has 0 atom stereocenters. The van der Waals surface area contributed by atoms with Gasteiger partial charge in [0.05, 0.1) is 22.2 Å². The maximum atomic E-state index is 12.9. The molecule has 142 valence electrons. The highest BCUT2D eigenvalue weighted by Gasteiger charge is 2.23. The van der Waals surface area contributed by atoms with Crippen LogP contribution in [0.25, 0.3) is 10.9 Å². The summed E-state index contributed by atoms with van der Waals surface area (Å²) in [5.74, 6) is -0.0297. The number of aromatic amines is 1. The molecule has 1 amide bonds. The number of likely N-dealkylation sites (tertiary alicyclic amines) is 1. The Morgan fingerprint density at radius 2 is 1.89 bits per heavy atom. The number of H-pyrrole nitrogens is 1. The fourth-order valence-corrected chi connectivity index (χ4v) is 4.33. The molecule has 0 bridgehead atoms. The second kappa shape index (κ2) is 7.87. The number of carbonyl (C=O) groups is 1. The molecule has 0 aliphatic carbocycles. The topological polar surface area (TPSA) is 59.9 Å². The van der Waals surface area contributed by atoms with Crippen molar-refractivity contribution in [3.63, 3.8) is 0 Å². The molecule has 1 fully saturated rings. The van der Waals surface area contributed by atoms with Crippen molar-refractivity contribution in [1.82, 2.24) is 9.88 Å². The molecular formula is C22H19Cl2N3O. The number of aromatic nitrogens is 1. The van der Waals surface area contributed by atoms with E-state index in [2.05, 4.69) is 11.1 Å². The Bertz CT molecular complexity index is 1090. The molecule has 0 unspecified atom stereocenters. The molecule has 1 saturated heterocycles. The third-order valence-electron chi connectivity index (χ3n) is 5.23. The van der Waals surface area contributed by atoms with Crippen molar-refractivity contribution in [2.75, 3.05) is 13.1 Å². The Labute approximate surface area is 173 Å². The first-order chi connectivity index (χ1) is 13.6. The Morgan fingerprint density at radius 1 is 1.11 bits per heavy atom. The Kier molecular flexibility index (Phi) is 5.30. The van der Waals surface area contributed by atoms with Crippen molar-refractivity contribution in [3.05, 3.63) is 68.8 Å². The minimum atomic E-state index is -0.0297. The lowest BCUT2D eigenvalue weighted by Gasteiger charge is -2.27. The van der Waals surface area contributed by atoms with Gasteiger partial charge in [0.15, 0.2) is 0 Å². The van der Waals surface area contributed by atoms with E-state index >= 15 is 0 Å². The maximum absolute atomic E-state index is 12.9. The summed E-state index contributed by atoms with van der Waals surface area (Å²) in [6.45, 7) is 1.55. The summed E-state index contributed by atoms with van der Waals surface area (Å²) >= 11 is 13.1. The number of halogens is 2. The first-order valence-corrected chi connectivity index (χ1v) is 10.1. The van der Waals surface area contributed by atoms with Crippen LogP contribution in [-0.2, 0) is 6.42 Å². The van der Waals surface area contributed by atoms with Crippen molar-refractivity contribution < 1.29 is 4.79 Å². The predicted octanol–water partition coefficient (Wildman–Crippen LogP) is 5.56. The molecule has 2 heterocycles. The number of piperidine rings is 1. The molecular weight excluding hydrogens is 393 g/mol. The van der Waals surface area contributed by atoms with Gasteiger partial charge < -0.3 is 9.88 Å². The van der Waals surface area contributed by atoms with Crippen molar-refractivity contribution in [3.8, 4) is 6.07 Å². The molecule has 4 nitrogen and oxygen atoms in total. The van der Waals surface area contributed by atoms with Crippen LogP contribution in [0.2, 0.25) is 10.0 Å². The lowest BCUT2D eigenvalue weighted by molar-refractivity contribution is 0.0724. The van der Waals surface area contributed by atoms with Crippen LogP contribution in [0.5, 0.6) is 0 Å². The maximum Gasteiger partial charge on any atom is 0.255 e. The number of amides is 1. The van der Waals surface area contributed by atoms with Crippen LogP contribution in [0.4, 0.5) is 0 Å². The number of hydrogen-bond acceptors (Lipinski definition) is 2. The molecule has 0 radical (unpaired) electrons. The normalized spacial score (nSPS) is 14.2. The Balaban J connectivity index is 1.66. The summed E-state index contributed by atoms with van der Waals surface area (Å²) in [6, 6.07) is 13.1. The van der Waals surface area contributed by atoms with Gasteiger partial charge in [0.1, 0.15) is 0 Å². The number of nitrogens with one attached hydrogen (secondary N) is 1. The zero-order valence-electron chi connectivity index (χ0n) is 15.3. The predicted molar refractivity (Wildman–Crippen MR) is 112 cm³/mol. The molecule has 28 heavy (non-hydrogen) atoms. The van der Waals surface area contributed by atoms with Gasteiger partial charge in [0, 0.05) is 41.1 Å². The van der Waals surface area contributed by atoms with Gasteiger partial charge >= 0.3 is 0 Å². The standard InChI is InChI=1S/C22H19Cl2N3O/c23-19-6-5-17(22(28)27-8-2-1-3-9-27)21(24)18(19)12-16-11-15-10-14(13-25)4-7-20(15)26-16/h4-7,10-11,26H,1-3,8-9,12H2.